The summed E-state index contributed by atoms with van der Waals surface area (Å²) in [5.74, 6) is -1.50. The molecule has 0 spiro atoms. The molecule has 0 aliphatic rings. The molecule has 1 rings (SSSR count). The molecular weight excluding hydrogens is 264 g/mol. The minimum absolute atomic E-state index is 0.00667. The van der Waals surface area contributed by atoms with Gasteiger partial charge in [0.15, 0.2) is 0 Å². The van der Waals surface area contributed by atoms with Gasteiger partial charge < -0.3 is 14.2 Å². The summed E-state index contributed by atoms with van der Waals surface area (Å²) in [4.78, 5) is 33.9. The fourth-order valence-electron chi connectivity index (χ4n) is 1.65. The first-order valence-electron chi connectivity index (χ1n) is 6.03. The number of ether oxygens (including phenoxy) is 3. The number of esters is 3. The Kier molecular flexibility index (Phi) is 5.25. The van der Waals surface area contributed by atoms with Crippen LogP contribution in [0.2, 0.25) is 0 Å². The molecule has 0 fully saturated rings. The number of carbonyl (C=O) groups excluding carboxylic acids is 3. The van der Waals surface area contributed by atoms with E-state index in [-0.39, 0.29) is 23.7 Å². The molecule has 0 atom stereocenters. The number of hydrogen-bond donors (Lipinski definition) is 0. The molecule has 0 heterocycles. The Balaban J connectivity index is 3.29. The maximum Gasteiger partial charge on any atom is 0.342 e. The lowest BCUT2D eigenvalue weighted by atomic mass is 10.1. The highest BCUT2D eigenvalue weighted by Gasteiger charge is 2.20. The summed E-state index contributed by atoms with van der Waals surface area (Å²) in [6.45, 7) is 5.96. The first kappa shape index (κ1) is 15.7. The molecular formula is C14H16O6. The summed E-state index contributed by atoms with van der Waals surface area (Å²) in [5, 5.41) is 0. The van der Waals surface area contributed by atoms with Crippen LogP contribution in [0.1, 0.15) is 36.7 Å². The Bertz CT molecular complexity index is 547. The predicted octanol–water partition coefficient (Wildman–Crippen LogP) is 2.02. The largest absolute Gasteiger partial charge is 0.462 e. The minimum Gasteiger partial charge on any atom is -0.462 e. The molecule has 0 amide bonds. The van der Waals surface area contributed by atoms with Crippen molar-refractivity contribution in [3.63, 3.8) is 0 Å². The third-order valence-electron chi connectivity index (χ3n) is 2.27. The predicted molar refractivity (Wildman–Crippen MR) is 69.8 cm³/mol. The van der Waals surface area contributed by atoms with E-state index in [1.54, 1.807) is 13.8 Å². The maximum atomic E-state index is 11.9. The van der Waals surface area contributed by atoms with Gasteiger partial charge in [0.05, 0.1) is 6.61 Å². The van der Waals surface area contributed by atoms with E-state index in [2.05, 4.69) is 0 Å². The second kappa shape index (κ2) is 6.70. The highest BCUT2D eigenvalue weighted by Crippen LogP contribution is 2.29. The van der Waals surface area contributed by atoms with E-state index in [1.807, 2.05) is 0 Å². The Morgan fingerprint density at radius 3 is 2.15 bits per heavy atom. The SMILES string of the molecule is CCOC(=O)c1c(C)cc(OC(C)=O)cc1OC(C)=O. The van der Waals surface area contributed by atoms with Gasteiger partial charge in [-0.05, 0) is 25.5 Å². The zero-order valence-corrected chi connectivity index (χ0v) is 11.8. The van der Waals surface area contributed by atoms with Crippen LogP contribution in [0, 0.1) is 6.92 Å². The molecule has 1 aromatic carbocycles. The maximum absolute atomic E-state index is 11.9. The smallest absolute Gasteiger partial charge is 0.342 e. The summed E-state index contributed by atoms with van der Waals surface area (Å²) < 4.78 is 14.8. The molecule has 0 aliphatic carbocycles. The van der Waals surface area contributed by atoms with Gasteiger partial charge in [0, 0.05) is 19.9 Å². The molecule has 0 radical (unpaired) electrons. The second-order valence-corrected chi connectivity index (χ2v) is 4.02. The van der Waals surface area contributed by atoms with Crippen LogP contribution in [0.3, 0.4) is 0 Å². The number of carbonyl (C=O) groups is 3. The average molecular weight is 280 g/mol. The van der Waals surface area contributed by atoms with Gasteiger partial charge in [-0.15, -0.1) is 0 Å². The average Bonchev–Trinajstić information content (AvgIpc) is 2.26. The fraction of sp³-hybridized carbons (Fsp3) is 0.357. The van der Waals surface area contributed by atoms with Crippen LogP contribution < -0.4 is 9.47 Å². The van der Waals surface area contributed by atoms with Gasteiger partial charge in [0.25, 0.3) is 0 Å². The zero-order chi connectivity index (χ0) is 15.3. The monoisotopic (exact) mass is 280 g/mol. The van der Waals surface area contributed by atoms with E-state index in [9.17, 15) is 14.4 Å². The van der Waals surface area contributed by atoms with Crippen LogP contribution >= 0.6 is 0 Å². The van der Waals surface area contributed by atoms with E-state index in [0.717, 1.165) is 0 Å². The highest BCUT2D eigenvalue weighted by molar-refractivity contribution is 5.95. The first-order valence-corrected chi connectivity index (χ1v) is 6.03. The topological polar surface area (TPSA) is 78.9 Å². The molecule has 0 saturated carbocycles. The molecule has 0 N–H and O–H groups in total. The Morgan fingerprint density at radius 1 is 1.05 bits per heavy atom. The lowest BCUT2D eigenvalue weighted by Crippen LogP contribution is -2.13. The third kappa shape index (κ3) is 4.08. The lowest BCUT2D eigenvalue weighted by molar-refractivity contribution is -0.132. The number of hydrogen-bond acceptors (Lipinski definition) is 6. The van der Waals surface area contributed by atoms with Crippen molar-refractivity contribution in [3.05, 3.63) is 23.3 Å². The number of benzene rings is 1. The Labute approximate surface area is 116 Å². The van der Waals surface area contributed by atoms with Gasteiger partial charge in [-0.25, -0.2) is 4.79 Å². The third-order valence-corrected chi connectivity index (χ3v) is 2.27. The summed E-state index contributed by atoms with van der Waals surface area (Å²) in [5.41, 5.74) is 0.622. The molecule has 0 saturated heterocycles. The normalized spacial score (nSPS) is 9.80. The van der Waals surface area contributed by atoms with Crippen molar-refractivity contribution in [1.29, 1.82) is 0 Å². The number of aryl methyl sites for hydroxylation is 1. The molecule has 0 aliphatic heterocycles. The van der Waals surface area contributed by atoms with Gasteiger partial charge in [0.1, 0.15) is 17.1 Å². The highest BCUT2D eigenvalue weighted by atomic mass is 16.6. The van der Waals surface area contributed by atoms with E-state index in [4.69, 9.17) is 14.2 Å². The molecule has 6 heteroatoms. The van der Waals surface area contributed by atoms with Crippen molar-refractivity contribution in [2.75, 3.05) is 6.61 Å². The van der Waals surface area contributed by atoms with Crippen LogP contribution in [-0.4, -0.2) is 24.5 Å². The standard InChI is InChI=1S/C14H16O6/c1-5-18-14(17)13-8(2)6-11(19-9(3)15)7-12(13)20-10(4)16/h6-7H,5H2,1-4H3. The zero-order valence-electron chi connectivity index (χ0n) is 11.8. The quantitative estimate of drug-likeness (QED) is 0.620. The van der Waals surface area contributed by atoms with Crippen molar-refractivity contribution < 1.29 is 28.6 Å². The van der Waals surface area contributed by atoms with E-state index >= 15 is 0 Å². The van der Waals surface area contributed by atoms with Crippen molar-refractivity contribution in [2.24, 2.45) is 0 Å². The molecule has 108 valence electrons. The van der Waals surface area contributed by atoms with Crippen molar-refractivity contribution in [3.8, 4) is 11.5 Å². The van der Waals surface area contributed by atoms with E-state index in [1.165, 1.54) is 26.0 Å². The van der Waals surface area contributed by atoms with Crippen LogP contribution in [-0.2, 0) is 14.3 Å². The van der Waals surface area contributed by atoms with Crippen molar-refractivity contribution >= 4 is 17.9 Å². The van der Waals surface area contributed by atoms with E-state index < -0.39 is 17.9 Å². The first-order chi connectivity index (χ1) is 9.35. The van der Waals surface area contributed by atoms with Gasteiger partial charge >= 0.3 is 17.9 Å². The van der Waals surface area contributed by atoms with Gasteiger partial charge in [-0.1, -0.05) is 0 Å². The van der Waals surface area contributed by atoms with Crippen LogP contribution in [0.5, 0.6) is 11.5 Å². The van der Waals surface area contributed by atoms with E-state index in [0.29, 0.717) is 5.56 Å². The Morgan fingerprint density at radius 2 is 1.65 bits per heavy atom. The summed E-state index contributed by atoms with van der Waals surface area (Å²) in [6.07, 6.45) is 0. The Hall–Kier alpha value is -2.37. The van der Waals surface area contributed by atoms with Gasteiger partial charge in [-0.3, -0.25) is 9.59 Å². The second-order valence-electron chi connectivity index (χ2n) is 4.02. The molecule has 6 nitrogen and oxygen atoms in total. The lowest BCUT2D eigenvalue weighted by Gasteiger charge is -2.13. The van der Waals surface area contributed by atoms with Gasteiger partial charge in [-0.2, -0.15) is 0 Å². The van der Waals surface area contributed by atoms with Gasteiger partial charge in [0.2, 0.25) is 0 Å². The fourth-order valence-corrected chi connectivity index (χ4v) is 1.65. The summed E-state index contributed by atoms with van der Waals surface area (Å²) in [7, 11) is 0. The molecule has 0 bridgehead atoms. The van der Waals surface area contributed by atoms with Crippen LogP contribution in [0.4, 0.5) is 0 Å². The number of rotatable bonds is 4. The molecule has 0 aromatic heterocycles. The molecule has 20 heavy (non-hydrogen) atoms. The van der Waals surface area contributed by atoms with Crippen LogP contribution in [0.15, 0.2) is 12.1 Å². The van der Waals surface area contributed by atoms with Crippen molar-refractivity contribution in [1.82, 2.24) is 0 Å². The molecule has 1 aromatic rings. The minimum atomic E-state index is -0.601. The van der Waals surface area contributed by atoms with Crippen molar-refractivity contribution in [2.45, 2.75) is 27.7 Å². The summed E-state index contributed by atoms with van der Waals surface area (Å²) in [6, 6.07) is 2.81. The van der Waals surface area contributed by atoms with Crippen LogP contribution in [0.25, 0.3) is 0 Å². The summed E-state index contributed by atoms with van der Waals surface area (Å²) >= 11 is 0. The molecule has 0 unspecified atom stereocenters.